The van der Waals surface area contributed by atoms with Gasteiger partial charge in [-0.3, -0.25) is 0 Å². The van der Waals surface area contributed by atoms with E-state index in [2.05, 4.69) is 0 Å². The van der Waals surface area contributed by atoms with Gasteiger partial charge < -0.3 is 10.0 Å². The predicted octanol–water partition coefficient (Wildman–Crippen LogP) is 0.739. The Morgan fingerprint density at radius 3 is 1.71 bits per heavy atom. The summed E-state index contributed by atoms with van der Waals surface area (Å²) in [6.45, 7) is 7.01. The van der Waals surface area contributed by atoms with Crippen LogP contribution < -0.4 is 5.46 Å². The molecule has 4 heteroatoms. The van der Waals surface area contributed by atoms with Crippen LogP contribution in [0.25, 0.3) is 0 Å². The zero-order valence-electron chi connectivity index (χ0n) is 8.85. The fraction of sp³-hybridized carbons (Fsp3) is 0.400. The monoisotopic (exact) mass is 196 g/mol. The van der Waals surface area contributed by atoms with E-state index in [9.17, 15) is 4.39 Å². The normalized spacial score (nSPS) is 10.5. The van der Waals surface area contributed by atoms with Gasteiger partial charge >= 0.3 is 7.12 Å². The van der Waals surface area contributed by atoms with E-state index in [4.69, 9.17) is 10.0 Å². The van der Waals surface area contributed by atoms with Crippen LogP contribution in [0, 0.1) is 33.5 Å². The van der Waals surface area contributed by atoms with E-state index in [1.807, 2.05) is 13.8 Å². The standard InChI is InChI=1S/C10H14BFO2/c1-5-6(2)8(4)10(12)9(7(5)3)11(13)14/h13-14H,1-4H3. The molecular weight excluding hydrogens is 182 g/mol. The lowest BCUT2D eigenvalue weighted by Crippen LogP contribution is -2.36. The first-order valence-corrected chi connectivity index (χ1v) is 4.49. The van der Waals surface area contributed by atoms with Crippen molar-refractivity contribution in [1.29, 1.82) is 0 Å². The van der Waals surface area contributed by atoms with E-state index in [0.29, 0.717) is 11.1 Å². The summed E-state index contributed by atoms with van der Waals surface area (Å²) in [4.78, 5) is 0. The molecule has 1 aromatic rings. The van der Waals surface area contributed by atoms with Crippen LogP contribution in [0.5, 0.6) is 0 Å². The minimum absolute atomic E-state index is 0.00870. The summed E-state index contributed by atoms with van der Waals surface area (Å²) in [5, 5.41) is 18.1. The van der Waals surface area contributed by atoms with Gasteiger partial charge in [0.2, 0.25) is 0 Å². The number of benzene rings is 1. The van der Waals surface area contributed by atoms with Gasteiger partial charge in [0, 0.05) is 5.46 Å². The molecule has 0 spiro atoms. The van der Waals surface area contributed by atoms with E-state index < -0.39 is 12.9 Å². The second-order valence-corrected chi connectivity index (χ2v) is 3.60. The van der Waals surface area contributed by atoms with Crippen LogP contribution in [0.2, 0.25) is 0 Å². The van der Waals surface area contributed by atoms with Gasteiger partial charge in [-0.25, -0.2) is 4.39 Å². The lowest BCUT2D eigenvalue weighted by Gasteiger charge is -2.15. The van der Waals surface area contributed by atoms with Gasteiger partial charge in [-0.15, -0.1) is 0 Å². The van der Waals surface area contributed by atoms with E-state index >= 15 is 0 Å². The van der Waals surface area contributed by atoms with Crippen molar-refractivity contribution >= 4 is 12.6 Å². The molecule has 0 amide bonds. The Morgan fingerprint density at radius 2 is 1.29 bits per heavy atom. The van der Waals surface area contributed by atoms with Crippen molar-refractivity contribution in [3.63, 3.8) is 0 Å². The van der Waals surface area contributed by atoms with Crippen LogP contribution in [0.3, 0.4) is 0 Å². The fourth-order valence-electron chi connectivity index (χ4n) is 1.60. The van der Waals surface area contributed by atoms with Crippen molar-refractivity contribution in [2.75, 3.05) is 0 Å². The Labute approximate surface area is 83.5 Å². The van der Waals surface area contributed by atoms with E-state index in [0.717, 1.165) is 11.1 Å². The van der Waals surface area contributed by atoms with E-state index in [-0.39, 0.29) is 5.46 Å². The highest BCUT2D eigenvalue weighted by molar-refractivity contribution is 6.59. The first-order valence-electron chi connectivity index (χ1n) is 4.49. The second-order valence-electron chi connectivity index (χ2n) is 3.60. The maximum absolute atomic E-state index is 13.6. The maximum Gasteiger partial charge on any atom is 0.491 e. The lowest BCUT2D eigenvalue weighted by molar-refractivity contribution is 0.422. The van der Waals surface area contributed by atoms with Crippen LogP contribution in [0.1, 0.15) is 22.3 Å². The molecule has 0 saturated carbocycles. The quantitative estimate of drug-likeness (QED) is 0.650. The Kier molecular flexibility index (Phi) is 2.97. The molecule has 1 aromatic carbocycles. The molecule has 0 unspecified atom stereocenters. The van der Waals surface area contributed by atoms with Crippen LogP contribution in [0.15, 0.2) is 0 Å². The molecule has 0 aliphatic carbocycles. The second kappa shape index (κ2) is 3.71. The van der Waals surface area contributed by atoms with Crippen molar-refractivity contribution in [3.8, 4) is 0 Å². The third-order valence-electron chi connectivity index (χ3n) is 2.92. The summed E-state index contributed by atoms with van der Waals surface area (Å²) in [6.07, 6.45) is 0. The molecule has 0 atom stereocenters. The van der Waals surface area contributed by atoms with Crippen LogP contribution in [0.4, 0.5) is 4.39 Å². The van der Waals surface area contributed by atoms with E-state index in [1.54, 1.807) is 13.8 Å². The Bertz CT molecular complexity index is 346. The third-order valence-corrected chi connectivity index (χ3v) is 2.92. The van der Waals surface area contributed by atoms with Crippen molar-refractivity contribution in [1.82, 2.24) is 0 Å². The summed E-state index contributed by atoms with van der Waals surface area (Å²) in [5.74, 6) is -0.513. The van der Waals surface area contributed by atoms with Gasteiger partial charge in [0.1, 0.15) is 5.82 Å². The predicted molar refractivity (Wildman–Crippen MR) is 55.2 cm³/mol. The molecule has 1 rings (SSSR count). The lowest BCUT2D eigenvalue weighted by atomic mass is 9.73. The molecule has 14 heavy (non-hydrogen) atoms. The van der Waals surface area contributed by atoms with Crippen LogP contribution in [-0.4, -0.2) is 17.2 Å². The maximum atomic E-state index is 13.6. The highest BCUT2D eigenvalue weighted by Crippen LogP contribution is 2.18. The summed E-state index contributed by atoms with van der Waals surface area (Å²) in [7, 11) is -1.74. The SMILES string of the molecule is Cc1c(C)c(C)c(B(O)O)c(F)c1C. The average molecular weight is 196 g/mol. The van der Waals surface area contributed by atoms with Crippen molar-refractivity contribution in [2.24, 2.45) is 0 Å². The molecule has 0 fully saturated rings. The molecular formula is C10H14BFO2. The first-order chi connectivity index (χ1) is 6.37. The number of hydrogen-bond donors (Lipinski definition) is 2. The molecule has 2 nitrogen and oxygen atoms in total. The third kappa shape index (κ3) is 1.55. The molecule has 0 heterocycles. The minimum Gasteiger partial charge on any atom is -0.423 e. The van der Waals surface area contributed by atoms with Crippen LogP contribution in [-0.2, 0) is 0 Å². The zero-order valence-corrected chi connectivity index (χ0v) is 8.85. The number of hydrogen-bond acceptors (Lipinski definition) is 2. The molecule has 0 aromatic heterocycles. The van der Waals surface area contributed by atoms with Crippen LogP contribution >= 0.6 is 0 Å². The van der Waals surface area contributed by atoms with Gasteiger partial charge in [-0.05, 0) is 49.9 Å². The summed E-state index contributed by atoms with van der Waals surface area (Å²) < 4.78 is 13.6. The van der Waals surface area contributed by atoms with Gasteiger partial charge in [-0.2, -0.15) is 0 Å². The number of rotatable bonds is 1. The zero-order chi connectivity index (χ0) is 11.0. The van der Waals surface area contributed by atoms with Crippen molar-refractivity contribution in [3.05, 3.63) is 28.1 Å². The molecule has 0 aliphatic heterocycles. The highest BCUT2D eigenvalue weighted by Gasteiger charge is 2.23. The Morgan fingerprint density at radius 1 is 0.857 bits per heavy atom. The molecule has 0 bridgehead atoms. The van der Waals surface area contributed by atoms with Crippen molar-refractivity contribution in [2.45, 2.75) is 27.7 Å². The number of halogens is 1. The summed E-state index contributed by atoms with van der Waals surface area (Å²) in [6, 6.07) is 0. The first kappa shape index (κ1) is 11.2. The molecule has 0 saturated heterocycles. The van der Waals surface area contributed by atoms with Gasteiger partial charge in [-0.1, -0.05) is 0 Å². The topological polar surface area (TPSA) is 40.5 Å². The van der Waals surface area contributed by atoms with E-state index in [1.165, 1.54) is 0 Å². The minimum atomic E-state index is -1.74. The largest absolute Gasteiger partial charge is 0.491 e. The molecule has 0 aliphatic rings. The molecule has 0 radical (unpaired) electrons. The fourth-order valence-corrected chi connectivity index (χ4v) is 1.60. The summed E-state index contributed by atoms with van der Waals surface area (Å²) >= 11 is 0. The van der Waals surface area contributed by atoms with Gasteiger partial charge in [0.05, 0.1) is 0 Å². The van der Waals surface area contributed by atoms with Gasteiger partial charge in [0.15, 0.2) is 0 Å². The summed E-state index contributed by atoms with van der Waals surface area (Å²) in [5.41, 5.74) is 2.86. The average Bonchev–Trinajstić information content (AvgIpc) is 2.11. The highest BCUT2D eigenvalue weighted by atomic mass is 19.1. The smallest absolute Gasteiger partial charge is 0.423 e. The Hall–Kier alpha value is -0.865. The van der Waals surface area contributed by atoms with Gasteiger partial charge in [0.25, 0.3) is 0 Å². The van der Waals surface area contributed by atoms with Crippen molar-refractivity contribution < 1.29 is 14.4 Å². The molecule has 2 N–H and O–H groups in total. The molecule has 76 valence electrons. The Balaban J connectivity index is 3.60.